The van der Waals surface area contributed by atoms with E-state index in [1.807, 2.05) is 30.3 Å². The second kappa shape index (κ2) is 12.0. The number of hydrogen-bond acceptors (Lipinski definition) is 6. The van der Waals surface area contributed by atoms with Crippen molar-refractivity contribution in [3.8, 4) is 0 Å². The van der Waals surface area contributed by atoms with Gasteiger partial charge < -0.3 is 15.7 Å². The smallest absolute Gasteiger partial charge is 0.303 e. The van der Waals surface area contributed by atoms with Crippen LogP contribution < -0.4 is 10.6 Å². The average molecular weight is 565 g/mol. The summed E-state index contributed by atoms with van der Waals surface area (Å²) in [5, 5.41) is 13.6. The second-order valence-electron chi connectivity index (χ2n) is 9.30. The normalized spacial score (nSPS) is 12.6. The number of benzene rings is 4. The number of fused-ring (bicyclic) bond motifs is 2. The van der Waals surface area contributed by atoms with E-state index in [2.05, 4.69) is 10.6 Å². The van der Waals surface area contributed by atoms with Gasteiger partial charge in [0.15, 0.2) is 11.6 Å². The monoisotopic (exact) mass is 564 g/mol. The predicted molar refractivity (Wildman–Crippen MR) is 155 cm³/mol. The van der Waals surface area contributed by atoms with Gasteiger partial charge in [0.25, 0.3) is 0 Å². The molecule has 204 valence electrons. The number of amides is 2. The van der Waals surface area contributed by atoms with Crippen LogP contribution in [0.2, 0.25) is 0 Å². The van der Waals surface area contributed by atoms with E-state index in [9.17, 15) is 24.0 Å². The lowest BCUT2D eigenvalue weighted by molar-refractivity contribution is -0.138. The Morgan fingerprint density at radius 1 is 0.683 bits per heavy atom. The molecule has 4 aromatic rings. The Morgan fingerprint density at radius 2 is 1.32 bits per heavy atom. The lowest BCUT2D eigenvalue weighted by atomic mass is 9.83. The Morgan fingerprint density at radius 3 is 2.00 bits per heavy atom. The number of ketones is 2. The van der Waals surface area contributed by atoms with Gasteiger partial charge >= 0.3 is 5.97 Å². The second-order valence-corrected chi connectivity index (χ2v) is 10.5. The largest absolute Gasteiger partial charge is 0.481 e. The molecule has 0 spiro atoms. The highest BCUT2D eigenvalue weighted by molar-refractivity contribution is 8.00. The Balaban J connectivity index is 1.38. The Kier molecular flexibility index (Phi) is 8.07. The Labute approximate surface area is 239 Å². The molecule has 0 radical (unpaired) electrons. The molecule has 8 nitrogen and oxygen atoms in total. The van der Waals surface area contributed by atoms with E-state index in [1.165, 1.54) is 11.8 Å². The molecule has 2 amide bonds. The first-order valence-electron chi connectivity index (χ1n) is 12.8. The number of hydrogen-bond donors (Lipinski definition) is 3. The van der Waals surface area contributed by atoms with Gasteiger partial charge in [-0.15, -0.1) is 11.8 Å². The molecular formula is C32H24N2O6S. The first-order chi connectivity index (χ1) is 19.8. The quantitative estimate of drug-likeness (QED) is 0.195. The van der Waals surface area contributed by atoms with Crippen LogP contribution >= 0.6 is 11.8 Å². The maximum absolute atomic E-state index is 13.7. The van der Waals surface area contributed by atoms with Crippen LogP contribution in [0.15, 0.2) is 102 Å². The SMILES string of the molecule is O=C(O)CCC(=O)Nc1ccc(SC(C(=O)Nc2cccc3c2C(=O)c2ccccc2C3=O)c2ccccc2)cc1. The van der Waals surface area contributed by atoms with E-state index in [4.69, 9.17) is 5.11 Å². The number of carbonyl (C=O) groups excluding carboxylic acids is 4. The fraction of sp³-hybridized carbons (Fsp3) is 0.0938. The molecular weight excluding hydrogens is 540 g/mol. The third kappa shape index (κ3) is 6.10. The fourth-order valence-electron chi connectivity index (χ4n) is 4.55. The van der Waals surface area contributed by atoms with Crippen molar-refractivity contribution >= 4 is 52.5 Å². The molecule has 1 aliphatic rings. The summed E-state index contributed by atoms with van der Waals surface area (Å²) in [6.45, 7) is 0. The highest BCUT2D eigenvalue weighted by Gasteiger charge is 2.32. The summed E-state index contributed by atoms with van der Waals surface area (Å²) in [6.07, 6.45) is -0.393. The Bertz CT molecular complexity index is 1670. The minimum atomic E-state index is -1.05. The molecule has 0 saturated carbocycles. The number of carboxylic acids is 1. The zero-order chi connectivity index (χ0) is 28.9. The summed E-state index contributed by atoms with van der Waals surface area (Å²) >= 11 is 1.28. The van der Waals surface area contributed by atoms with Crippen molar-refractivity contribution in [2.75, 3.05) is 10.6 Å². The van der Waals surface area contributed by atoms with Crippen LogP contribution in [0.5, 0.6) is 0 Å². The predicted octanol–water partition coefficient (Wildman–Crippen LogP) is 5.74. The van der Waals surface area contributed by atoms with Crippen molar-refractivity contribution in [1.29, 1.82) is 0 Å². The number of rotatable bonds is 9. The first kappa shape index (κ1) is 27.5. The average Bonchev–Trinajstić information content (AvgIpc) is 2.98. The van der Waals surface area contributed by atoms with Gasteiger partial charge in [0.05, 0.1) is 17.7 Å². The molecule has 9 heteroatoms. The molecule has 5 rings (SSSR count). The van der Waals surface area contributed by atoms with Gasteiger partial charge in [0.1, 0.15) is 5.25 Å². The standard InChI is InChI=1S/C32H24N2O6S/c35-26(17-18-27(36)37)33-20-13-15-21(16-14-20)41-31(19-7-2-1-3-8-19)32(40)34-25-12-6-11-24-28(25)30(39)23-10-5-4-9-22(23)29(24)38/h1-16,31H,17-18H2,(H,33,35)(H,34,40)(H,36,37). The van der Waals surface area contributed by atoms with Gasteiger partial charge in [-0.25, -0.2) is 0 Å². The number of carboxylic acid groups (broad SMARTS) is 1. The molecule has 3 N–H and O–H groups in total. The van der Waals surface area contributed by atoms with E-state index in [0.717, 1.165) is 10.5 Å². The summed E-state index contributed by atoms with van der Waals surface area (Å²) < 4.78 is 0. The van der Waals surface area contributed by atoms with Crippen molar-refractivity contribution < 1.29 is 29.1 Å². The number of thioether (sulfide) groups is 1. The molecule has 1 aliphatic carbocycles. The lowest BCUT2D eigenvalue weighted by Crippen LogP contribution is -2.25. The molecule has 0 aromatic heterocycles. The van der Waals surface area contributed by atoms with Gasteiger partial charge in [-0.05, 0) is 35.9 Å². The van der Waals surface area contributed by atoms with Crippen LogP contribution in [0.1, 0.15) is 55.5 Å². The maximum atomic E-state index is 13.7. The third-order valence-electron chi connectivity index (χ3n) is 6.51. The van der Waals surface area contributed by atoms with Crippen LogP contribution in [0, 0.1) is 0 Å². The summed E-state index contributed by atoms with van der Waals surface area (Å²) in [7, 11) is 0. The first-order valence-corrected chi connectivity index (χ1v) is 13.7. The summed E-state index contributed by atoms with van der Waals surface area (Å²) in [4.78, 5) is 63.7. The Hall–Kier alpha value is -5.02. The van der Waals surface area contributed by atoms with Crippen LogP contribution in [-0.2, 0) is 14.4 Å². The summed E-state index contributed by atoms with van der Waals surface area (Å²) in [5.41, 5.74) is 2.56. The number of aliphatic carboxylic acids is 1. The summed E-state index contributed by atoms with van der Waals surface area (Å²) in [6, 6.07) is 27.5. The molecule has 1 atom stereocenters. The lowest BCUT2D eigenvalue weighted by Gasteiger charge is -2.22. The van der Waals surface area contributed by atoms with Gasteiger partial charge in [0.2, 0.25) is 11.8 Å². The van der Waals surface area contributed by atoms with Gasteiger partial charge in [-0.3, -0.25) is 24.0 Å². The molecule has 0 fully saturated rings. The summed E-state index contributed by atoms with van der Waals surface area (Å²) in [5.74, 6) is -2.42. The minimum Gasteiger partial charge on any atom is -0.481 e. The molecule has 41 heavy (non-hydrogen) atoms. The zero-order valence-electron chi connectivity index (χ0n) is 21.6. The van der Waals surface area contributed by atoms with Crippen LogP contribution in [0.3, 0.4) is 0 Å². The minimum absolute atomic E-state index is 0.134. The van der Waals surface area contributed by atoms with Crippen LogP contribution in [-0.4, -0.2) is 34.5 Å². The number of nitrogens with one attached hydrogen (secondary N) is 2. The molecule has 1 unspecified atom stereocenters. The van der Waals surface area contributed by atoms with Gasteiger partial charge in [-0.2, -0.15) is 0 Å². The van der Waals surface area contributed by atoms with E-state index >= 15 is 0 Å². The molecule has 0 bridgehead atoms. The highest BCUT2D eigenvalue weighted by atomic mass is 32.2. The van der Waals surface area contributed by atoms with E-state index in [-0.39, 0.29) is 47.1 Å². The highest BCUT2D eigenvalue weighted by Crippen LogP contribution is 2.38. The van der Waals surface area contributed by atoms with Crippen molar-refractivity contribution in [1.82, 2.24) is 0 Å². The maximum Gasteiger partial charge on any atom is 0.303 e. The van der Waals surface area contributed by atoms with E-state index in [1.54, 1.807) is 66.7 Å². The molecule has 0 heterocycles. The van der Waals surface area contributed by atoms with E-state index in [0.29, 0.717) is 16.8 Å². The van der Waals surface area contributed by atoms with Crippen LogP contribution in [0.4, 0.5) is 11.4 Å². The topological polar surface area (TPSA) is 130 Å². The van der Waals surface area contributed by atoms with E-state index < -0.39 is 17.1 Å². The number of anilines is 2. The fourth-order valence-corrected chi connectivity index (χ4v) is 5.57. The van der Waals surface area contributed by atoms with Crippen molar-refractivity contribution in [3.05, 3.63) is 125 Å². The zero-order valence-corrected chi connectivity index (χ0v) is 22.4. The molecule has 4 aromatic carbocycles. The number of carbonyl (C=O) groups is 5. The van der Waals surface area contributed by atoms with Gasteiger partial charge in [0, 0.05) is 33.7 Å². The van der Waals surface area contributed by atoms with Crippen molar-refractivity contribution in [2.45, 2.75) is 23.0 Å². The molecule has 0 aliphatic heterocycles. The van der Waals surface area contributed by atoms with Crippen LogP contribution in [0.25, 0.3) is 0 Å². The third-order valence-corrected chi connectivity index (χ3v) is 7.77. The molecule has 0 saturated heterocycles. The van der Waals surface area contributed by atoms with Crippen molar-refractivity contribution in [2.24, 2.45) is 0 Å². The van der Waals surface area contributed by atoms with Gasteiger partial charge in [-0.1, -0.05) is 66.7 Å². The van der Waals surface area contributed by atoms with Crippen molar-refractivity contribution in [3.63, 3.8) is 0 Å².